The molecular formula is C15H23N3O2. The van der Waals surface area contributed by atoms with Crippen molar-refractivity contribution >= 4 is 11.8 Å². The summed E-state index contributed by atoms with van der Waals surface area (Å²) >= 11 is 0. The van der Waals surface area contributed by atoms with Gasteiger partial charge in [0, 0.05) is 6.92 Å². The average Bonchev–Trinajstić information content (AvgIpc) is 2.45. The molecule has 1 aromatic carbocycles. The molecule has 1 rings (SSSR count). The lowest BCUT2D eigenvalue weighted by Crippen LogP contribution is -2.47. The third-order valence-corrected chi connectivity index (χ3v) is 3.28. The van der Waals surface area contributed by atoms with E-state index in [1.165, 1.54) is 11.8 Å². The van der Waals surface area contributed by atoms with Crippen LogP contribution in [0.2, 0.25) is 0 Å². The van der Waals surface area contributed by atoms with Crippen LogP contribution in [0.1, 0.15) is 38.3 Å². The molecule has 5 heteroatoms. The zero-order valence-electron chi connectivity index (χ0n) is 12.1. The Kier molecular flexibility index (Phi) is 6.35. The molecule has 0 aromatic heterocycles. The first-order valence-corrected chi connectivity index (χ1v) is 6.83. The van der Waals surface area contributed by atoms with Gasteiger partial charge in [0.25, 0.3) is 0 Å². The SMILES string of the molecule is CC(=O)N(C(=O)C(N)CCCN)C(C)c1ccccc1. The minimum absolute atomic E-state index is 0.297. The Balaban J connectivity index is 2.89. The number of hydrogen-bond donors (Lipinski definition) is 2. The van der Waals surface area contributed by atoms with Crippen LogP contribution >= 0.6 is 0 Å². The summed E-state index contributed by atoms with van der Waals surface area (Å²) in [6.45, 7) is 3.69. The molecule has 20 heavy (non-hydrogen) atoms. The van der Waals surface area contributed by atoms with Crippen LogP contribution in [-0.4, -0.2) is 29.3 Å². The van der Waals surface area contributed by atoms with Crippen molar-refractivity contribution in [2.24, 2.45) is 11.5 Å². The van der Waals surface area contributed by atoms with E-state index >= 15 is 0 Å². The second-order valence-corrected chi connectivity index (χ2v) is 4.85. The van der Waals surface area contributed by atoms with Gasteiger partial charge < -0.3 is 11.5 Å². The van der Waals surface area contributed by atoms with Crippen LogP contribution in [-0.2, 0) is 9.59 Å². The lowest BCUT2D eigenvalue weighted by molar-refractivity contribution is -0.147. The zero-order chi connectivity index (χ0) is 15.1. The van der Waals surface area contributed by atoms with Crippen molar-refractivity contribution in [2.45, 2.75) is 38.8 Å². The summed E-state index contributed by atoms with van der Waals surface area (Å²) in [7, 11) is 0. The standard InChI is InChI=1S/C15H23N3O2/c1-11(13-7-4-3-5-8-13)18(12(2)19)15(20)14(17)9-6-10-16/h3-5,7-8,11,14H,6,9-10,16-17H2,1-2H3. The quantitative estimate of drug-likeness (QED) is 0.817. The van der Waals surface area contributed by atoms with Gasteiger partial charge in [-0.15, -0.1) is 0 Å². The second kappa shape index (κ2) is 7.77. The Morgan fingerprint density at radius 2 is 1.85 bits per heavy atom. The van der Waals surface area contributed by atoms with Crippen LogP contribution in [0.5, 0.6) is 0 Å². The van der Waals surface area contributed by atoms with Gasteiger partial charge in [0.05, 0.1) is 12.1 Å². The number of amides is 2. The molecule has 0 aliphatic rings. The fourth-order valence-corrected chi connectivity index (χ4v) is 2.14. The normalized spacial score (nSPS) is 13.6. The first-order chi connectivity index (χ1) is 9.49. The third kappa shape index (κ3) is 4.15. The van der Waals surface area contributed by atoms with Crippen molar-refractivity contribution in [2.75, 3.05) is 6.54 Å². The molecule has 0 spiro atoms. The second-order valence-electron chi connectivity index (χ2n) is 4.85. The Bertz CT molecular complexity index is 448. The highest BCUT2D eigenvalue weighted by Crippen LogP contribution is 2.21. The molecule has 0 saturated carbocycles. The summed E-state index contributed by atoms with van der Waals surface area (Å²) in [6.07, 6.45) is 1.15. The van der Waals surface area contributed by atoms with Crippen LogP contribution in [0, 0.1) is 0 Å². The molecule has 0 fully saturated rings. The minimum atomic E-state index is -0.686. The maximum absolute atomic E-state index is 12.3. The van der Waals surface area contributed by atoms with Crippen molar-refractivity contribution in [1.29, 1.82) is 0 Å². The Labute approximate surface area is 119 Å². The fourth-order valence-electron chi connectivity index (χ4n) is 2.14. The number of carbonyl (C=O) groups excluding carboxylic acids is 2. The predicted octanol–water partition coefficient (Wildman–Crippen LogP) is 1.19. The summed E-state index contributed by atoms with van der Waals surface area (Å²) in [6, 6.07) is 8.41. The van der Waals surface area contributed by atoms with Crippen LogP contribution in [0.15, 0.2) is 30.3 Å². The fraction of sp³-hybridized carbons (Fsp3) is 0.467. The van der Waals surface area contributed by atoms with Crippen LogP contribution in [0.4, 0.5) is 0 Å². The number of nitrogens with two attached hydrogens (primary N) is 2. The average molecular weight is 277 g/mol. The number of nitrogens with zero attached hydrogens (tertiary/aromatic N) is 1. The minimum Gasteiger partial charge on any atom is -0.330 e. The summed E-state index contributed by atoms with van der Waals surface area (Å²) in [5, 5.41) is 0. The van der Waals surface area contributed by atoms with E-state index in [1.54, 1.807) is 0 Å². The van der Waals surface area contributed by atoms with Gasteiger partial charge in [-0.1, -0.05) is 30.3 Å². The van der Waals surface area contributed by atoms with Crippen LogP contribution in [0.3, 0.4) is 0 Å². The van der Waals surface area contributed by atoms with E-state index in [-0.39, 0.29) is 17.9 Å². The number of benzene rings is 1. The maximum atomic E-state index is 12.3. The summed E-state index contributed by atoms with van der Waals surface area (Å²) in [5.74, 6) is -0.642. The highest BCUT2D eigenvalue weighted by atomic mass is 16.2. The first kappa shape index (κ1) is 16.3. The number of hydrogen-bond acceptors (Lipinski definition) is 4. The summed E-state index contributed by atoms with van der Waals surface area (Å²) < 4.78 is 0. The molecule has 2 atom stereocenters. The molecule has 0 radical (unpaired) electrons. The van der Waals surface area contributed by atoms with Crippen LogP contribution in [0.25, 0.3) is 0 Å². The van der Waals surface area contributed by atoms with E-state index in [0.29, 0.717) is 19.4 Å². The van der Waals surface area contributed by atoms with Gasteiger partial charge in [-0.2, -0.15) is 0 Å². The van der Waals surface area contributed by atoms with Gasteiger partial charge in [0.1, 0.15) is 0 Å². The Hall–Kier alpha value is -1.72. The molecule has 110 valence electrons. The third-order valence-electron chi connectivity index (χ3n) is 3.28. The lowest BCUT2D eigenvalue weighted by atomic mass is 10.0. The molecular weight excluding hydrogens is 254 g/mol. The molecule has 0 aliphatic heterocycles. The van der Waals surface area contributed by atoms with Gasteiger partial charge >= 0.3 is 0 Å². The van der Waals surface area contributed by atoms with Crippen molar-refractivity contribution in [1.82, 2.24) is 4.90 Å². The molecule has 0 aliphatic carbocycles. The molecule has 0 heterocycles. The zero-order valence-corrected chi connectivity index (χ0v) is 12.1. The van der Waals surface area contributed by atoms with Crippen molar-refractivity contribution < 1.29 is 9.59 Å². The summed E-state index contributed by atoms with van der Waals surface area (Å²) in [4.78, 5) is 25.4. The molecule has 0 saturated heterocycles. The van der Waals surface area contributed by atoms with E-state index in [2.05, 4.69) is 0 Å². The van der Waals surface area contributed by atoms with E-state index < -0.39 is 6.04 Å². The molecule has 1 aromatic rings. The van der Waals surface area contributed by atoms with Crippen molar-refractivity contribution in [3.63, 3.8) is 0 Å². The molecule has 4 N–H and O–H groups in total. The molecule has 5 nitrogen and oxygen atoms in total. The number of carbonyl (C=O) groups is 2. The van der Waals surface area contributed by atoms with Gasteiger partial charge in [0.15, 0.2) is 0 Å². The molecule has 0 bridgehead atoms. The van der Waals surface area contributed by atoms with E-state index in [9.17, 15) is 9.59 Å². The number of imide groups is 1. The van der Waals surface area contributed by atoms with Crippen LogP contribution < -0.4 is 11.5 Å². The van der Waals surface area contributed by atoms with E-state index in [0.717, 1.165) is 5.56 Å². The summed E-state index contributed by atoms with van der Waals surface area (Å²) in [5.41, 5.74) is 12.2. The molecule has 2 amide bonds. The van der Waals surface area contributed by atoms with E-state index in [4.69, 9.17) is 11.5 Å². The lowest BCUT2D eigenvalue weighted by Gasteiger charge is -2.29. The van der Waals surface area contributed by atoms with Gasteiger partial charge in [-0.05, 0) is 31.9 Å². The largest absolute Gasteiger partial charge is 0.330 e. The van der Waals surface area contributed by atoms with E-state index in [1.807, 2.05) is 37.3 Å². The van der Waals surface area contributed by atoms with Gasteiger partial charge in [-0.3, -0.25) is 14.5 Å². The smallest absolute Gasteiger partial charge is 0.246 e. The predicted molar refractivity (Wildman–Crippen MR) is 78.6 cm³/mol. The Morgan fingerprint density at radius 3 is 2.35 bits per heavy atom. The first-order valence-electron chi connectivity index (χ1n) is 6.83. The van der Waals surface area contributed by atoms with Gasteiger partial charge in [0.2, 0.25) is 11.8 Å². The number of rotatable bonds is 6. The monoisotopic (exact) mass is 277 g/mol. The topological polar surface area (TPSA) is 89.4 Å². The van der Waals surface area contributed by atoms with Gasteiger partial charge in [-0.25, -0.2) is 0 Å². The Morgan fingerprint density at radius 1 is 1.25 bits per heavy atom. The highest BCUT2D eigenvalue weighted by molar-refractivity contribution is 5.97. The van der Waals surface area contributed by atoms with Crippen molar-refractivity contribution in [3.8, 4) is 0 Å². The highest BCUT2D eigenvalue weighted by Gasteiger charge is 2.28. The molecule has 2 unspecified atom stereocenters. The van der Waals surface area contributed by atoms with Crippen molar-refractivity contribution in [3.05, 3.63) is 35.9 Å². The maximum Gasteiger partial charge on any atom is 0.246 e.